The van der Waals surface area contributed by atoms with Gasteiger partial charge in [-0.3, -0.25) is 19.3 Å². The van der Waals surface area contributed by atoms with Gasteiger partial charge in [0.15, 0.2) is 0 Å². The second-order valence-electron chi connectivity index (χ2n) is 7.71. The highest BCUT2D eigenvalue weighted by atomic mass is 32.2. The molecule has 3 aromatic rings. The van der Waals surface area contributed by atoms with Crippen LogP contribution in [0.25, 0.3) is 11.8 Å². The summed E-state index contributed by atoms with van der Waals surface area (Å²) >= 11 is 0.820. The Morgan fingerprint density at radius 2 is 1.69 bits per heavy atom. The molecule has 1 saturated heterocycles. The minimum Gasteiger partial charge on any atom is -0.497 e. The minimum atomic E-state index is -0.498. The van der Waals surface area contributed by atoms with Crippen LogP contribution in [0, 0.1) is 6.92 Å². The molecule has 35 heavy (non-hydrogen) atoms. The van der Waals surface area contributed by atoms with Gasteiger partial charge in [-0.25, -0.2) is 0 Å². The molecule has 0 radical (unpaired) electrons. The lowest BCUT2D eigenvalue weighted by molar-refractivity contribution is -0.127. The lowest BCUT2D eigenvalue weighted by Gasteiger charge is -2.13. The Labute approximate surface area is 207 Å². The molecule has 0 unspecified atom stereocenters. The first-order valence-electron chi connectivity index (χ1n) is 11.0. The molecule has 0 aliphatic carbocycles. The van der Waals surface area contributed by atoms with Crippen molar-refractivity contribution < 1.29 is 23.9 Å². The molecule has 8 nitrogen and oxygen atoms in total. The average Bonchev–Trinajstić information content (AvgIpc) is 3.34. The van der Waals surface area contributed by atoms with E-state index in [9.17, 15) is 14.4 Å². The molecule has 180 valence electrons. The molecular weight excluding hydrogens is 466 g/mol. The summed E-state index contributed by atoms with van der Waals surface area (Å²) in [7, 11) is 1.61. The van der Waals surface area contributed by atoms with Gasteiger partial charge < -0.3 is 19.4 Å². The molecule has 9 heteroatoms. The van der Waals surface area contributed by atoms with Crippen LogP contribution in [0.5, 0.6) is 11.5 Å². The zero-order valence-corrected chi connectivity index (χ0v) is 20.4. The van der Waals surface area contributed by atoms with Crippen LogP contribution in [-0.4, -0.2) is 46.8 Å². The molecule has 0 spiro atoms. The first-order chi connectivity index (χ1) is 16.9. The number of methoxy groups -OCH3 is 1. The summed E-state index contributed by atoms with van der Waals surface area (Å²) in [6, 6.07) is 18.2. The van der Waals surface area contributed by atoms with Crippen molar-refractivity contribution in [1.82, 2.24) is 9.47 Å². The van der Waals surface area contributed by atoms with Crippen molar-refractivity contribution in [3.05, 3.63) is 77.0 Å². The maximum atomic E-state index is 13.0. The number of hydrogen-bond acceptors (Lipinski definition) is 6. The molecule has 0 saturated carbocycles. The summed E-state index contributed by atoms with van der Waals surface area (Å²) in [6.45, 7) is 4.02. The Kier molecular flexibility index (Phi) is 7.26. The summed E-state index contributed by atoms with van der Waals surface area (Å²) in [5, 5.41) is 2.22. The van der Waals surface area contributed by atoms with Crippen LogP contribution in [-0.2, 0) is 9.59 Å². The summed E-state index contributed by atoms with van der Waals surface area (Å²) < 4.78 is 12.6. The van der Waals surface area contributed by atoms with Gasteiger partial charge in [-0.2, -0.15) is 0 Å². The Morgan fingerprint density at radius 3 is 2.34 bits per heavy atom. The van der Waals surface area contributed by atoms with Crippen molar-refractivity contribution in [2.75, 3.05) is 25.6 Å². The Morgan fingerprint density at radius 1 is 1.00 bits per heavy atom. The fraction of sp³-hybridized carbons (Fsp3) is 0.192. The molecule has 4 rings (SSSR count). The number of carbonyl (C=O) groups excluding carboxylic acids is 3. The van der Waals surface area contributed by atoms with E-state index in [4.69, 9.17) is 9.47 Å². The van der Waals surface area contributed by atoms with Gasteiger partial charge in [0.2, 0.25) is 5.91 Å². The largest absolute Gasteiger partial charge is 0.497 e. The standard InChI is InChI=1S/C26H25N3O5S/c1-4-34-22-11-6-18(7-12-22)27-24(30)16-28-25(31)23(35-26(28)32)15-20-8-5-17(2)29(20)19-9-13-21(33-3)14-10-19/h5-15H,4,16H2,1-3H3,(H,27,30)/b23-15-. The van der Waals surface area contributed by atoms with Gasteiger partial charge in [-0.15, -0.1) is 0 Å². The lowest BCUT2D eigenvalue weighted by atomic mass is 10.2. The molecule has 2 heterocycles. The third-order valence-corrected chi connectivity index (χ3v) is 6.25. The number of anilines is 1. The quantitative estimate of drug-likeness (QED) is 0.452. The van der Waals surface area contributed by atoms with E-state index in [0.717, 1.165) is 39.5 Å². The molecule has 1 aliphatic heterocycles. The average molecular weight is 492 g/mol. The number of aryl methyl sites for hydroxylation is 1. The zero-order valence-electron chi connectivity index (χ0n) is 19.6. The fourth-order valence-corrected chi connectivity index (χ4v) is 4.49. The molecule has 1 aromatic heterocycles. The Bertz CT molecular complexity index is 1280. The normalized spacial score (nSPS) is 14.5. The van der Waals surface area contributed by atoms with E-state index >= 15 is 0 Å². The van der Waals surface area contributed by atoms with Crippen molar-refractivity contribution in [1.29, 1.82) is 0 Å². The van der Waals surface area contributed by atoms with Crippen LogP contribution >= 0.6 is 11.8 Å². The van der Waals surface area contributed by atoms with Crippen LogP contribution in [0.3, 0.4) is 0 Å². The van der Waals surface area contributed by atoms with Crippen molar-refractivity contribution in [2.24, 2.45) is 0 Å². The Hall–Kier alpha value is -3.98. The number of amides is 3. The molecule has 3 amide bonds. The maximum absolute atomic E-state index is 13.0. The Balaban J connectivity index is 1.48. The van der Waals surface area contributed by atoms with Crippen LogP contribution in [0.2, 0.25) is 0 Å². The van der Waals surface area contributed by atoms with Crippen molar-refractivity contribution >= 4 is 40.6 Å². The van der Waals surface area contributed by atoms with E-state index < -0.39 is 17.1 Å². The van der Waals surface area contributed by atoms with Gasteiger partial charge in [0.05, 0.1) is 18.6 Å². The number of imide groups is 1. The molecular formula is C26H25N3O5S. The number of carbonyl (C=O) groups is 3. The lowest BCUT2D eigenvalue weighted by Crippen LogP contribution is -2.36. The molecule has 1 fully saturated rings. The number of benzene rings is 2. The molecule has 1 aliphatic rings. The maximum Gasteiger partial charge on any atom is 0.294 e. The number of hydrogen-bond donors (Lipinski definition) is 1. The van der Waals surface area contributed by atoms with Crippen molar-refractivity contribution in [3.8, 4) is 17.2 Å². The molecule has 2 aromatic carbocycles. The van der Waals surface area contributed by atoms with E-state index in [1.54, 1.807) is 37.5 Å². The monoisotopic (exact) mass is 491 g/mol. The molecule has 0 atom stereocenters. The first kappa shape index (κ1) is 24.2. The SMILES string of the molecule is CCOc1ccc(NC(=O)CN2C(=O)S/C(=C\c3ccc(C)n3-c3ccc(OC)cc3)C2=O)cc1. The van der Waals surface area contributed by atoms with Crippen LogP contribution < -0.4 is 14.8 Å². The van der Waals surface area contributed by atoms with E-state index in [1.807, 2.05) is 54.8 Å². The van der Waals surface area contributed by atoms with Crippen LogP contribution in [0.4, 0.5) is 10.5 Å². The fourth-order valence-electron chi connectivity index (χ4n) is 3.67. The topological polar surface area (TPSA) is 89.9 Å². The van der Waals surface area contributed by atoms with Gasteiger partial charge in [0.1, 0.15) is 18.0 Å². The number of rotatable bonds is 8. The first-order valence-corrected chi connectivity index (χ1v) is 11.8. The van der Waals surface area contributed by atoms with Crippen LogP contribution in [0.1, 0.15) is 18.3 Å². The number of nitrogens with one attached hydrogen (secondary N) is 1. The third-order valence-electron chi connectivity index (χ3n) is 5.34. The van der Waals surface area contributed by atoms with Crippen molar-refractivity contribution in [3.63, 3.8) is 0 Å². The second-order valence-corrected chi connectivity index (χ2v) is 8.70. The number of ether oxygens (including phenoxy) is 2. The van der Waals surface area contributed by atoms with E-state index in [1.165, 1.54) is 0 Å². The third kappa shape index (κ3) is 5.41. The molecule has 0 bridgehead atoms. The molecule has 1 N–H and O–H groups in total. The minimum absolute atomic E-state index is 0.261. The highest BCUT2D eigenvalue weighted by Crippen LogP contribution is 2.33. The van der Waals surface area contributed by atoms with Gasteiger partial charge in [-0.1, -0.05) is 0 Å². The van der Waals surface area contributed by atoms with E-state index in [0.29, 0.717) is 18.0 Å². The second kappa shape index (κ2) is 10.5. The van der Waals surface area contributed by atoms with Gasteiger partial charge >= 0.3 is 0 Å². The van der Waals surface area contributed by atoms with Crippen molar-refractivity contribution in [2.45, 2.75) is 13.8 Å². The summed E-state index contributed by atoms with van der Waals surface area (Å²) in [5.74, 6) is 0.470. The predicted octanol–water partition coefficient (Wildman–Crippen LogP) is 4.87. The smallest absolute Gasteiger partial charge is 0.294 e. The highest BCUT2D eigenvalue weighted by Gasteiger charge is 2.36. The zero-order chi connectivity index (χ0) is 24.9. The van der Waals surface area contributed by atoms with E-state index in [2.05, 4.69) is 5.32 Å². The number of nitrogens with zero attached hydrogens (tertiary/aromatic N) is 2. The van der Waals surface area contributed by atoms with Crippen LogP contribution in [0.15, 0.2) is 65.6 Å². The van der Waals surface area contributed by atoms with E-state index in [-0.39, 0.29) is 11.4 Å². The highest BCUT2D eigenvalue weighted by molar-refractivity contribution is 8.18. The number of thioether (sulfide) groups is 1. The van der Waals surface area contributed by atoms with Gasteiger partial charge in [0, 0.05) is 22.8 Å². The summed E-state index contributed by atoms with van der Waals surface area (Å²) in [4.78, 5) is 39.2. The number of aromatic nitrogens is 1. The van der Waals surface area contributed by atoms with Gasteiger partial charge in [-0.05, 0) is 92.3 Å². The predicted molar refractivity (Wildman–Crippen MR) is 136 cm³/mol. The summed E-state index contributed by atoms with van der Waals surface area (Å²) in [6.07, 6.45) is 1.67. The van der Waals surface area contributed by atoms with Gasteiger partial charge in [0.25, 0.3) is 11.1 Å². The summed E-state index contributed by atoms with van der Waals surface area (Å²) in [5.41, 5.74) is 3.16.